The second-order valence-electron chi connectivity index (χ2n) is 7.60. The molecule has 6 rings (SSSR count). The van der Waals surface area contributed by atoms with Crippen LogP contribution in [-0.4, -0.2) is 3.21 Å². The molecule has 0 heterocycles. The van der Waals surface area contributed by atoms with Crippen molar-refractivity contribution in [1.29, 1.82) is 0 Å². The Morgan fingerprint density at radius 3 is 1.59 bits per heavy atom. The summed E-state index contributed by atoms with van der Waals surface area (Å²) in [4.78, 5) is 0. The number of hydrogen-bond acceptors (Lipinski definition) is 0. The molecule has 0 amide bonds. The Labute approximate surface area is 217 Å². The summed E-state index contributed by atoms with van der Waals surface area (Å²) in [6, 6.07) is 38.5. The summed E-state index contributed by atoms with van der Waals surface area (Å²) in [7, 11) is 0. The zero-order valence-electron chi connectivity index (χ0n) is 18.1. The van der Waals surface area contributed by atoms with Crippen molar-refractivity contribution in [2.75, 3.05) is 0 Å². The average Bonchev–Trinajstić information content (AvgIpc) is 3.44. The fourth-order valence-corrected chi connectivity index (χ4v) is 3.87. The molecule has 32 heavy (non-hydrogen) atoms. The van der Waals surface area contributed by atoms with Gasteiger partial charge in [-0.15, -0.1) is 46.5 Å². The van der Waals surface area contributed by atoms with Crippen molar-refractivity contribution in [1.82, 2.24) is 0 Å². The van der Waals surface area contributed by atoms with Crippen molar-refractivity contribution >= 4 is 46.3 Å². The van der Waals surface area contributed by atoms with Crippen molar-refractivity contribution in [3.63, 3.8) is 0 Å². The minimum absolute atomic E-state index is 0. The van der Waals surface area contributed by atoms with E-state index in [1.165, 1.54) is 46.3 Å². The van der Waals surface area contributed by atoms with Crippen LogP contribution in [0, 0.1) is 0 Å². The fraction of sp³-hybridized carbons (Fsp3) is 0.0690. The summed E-state index contributed by atoms with van der Waals surface area (Å²) in [6.07, 6.45) is 0. The summed E-state index contributed by atoms with van der Waals surface area (Å²) in [5.74, 6) is 0. The van der Waals surface area contributed by atoms with Gasteiger partial charge in [0.25, 0.3) is 0 Å². The fourth-order valence-electron chi connectivity index (χ4n) is 3.87. The predicted molar refractivity (Wildman–Crippen MR) is 130 cm³/mol. The van der Waals surface area contributed by atoms with Crippen LogP contribution in [0.25, 0.3) is 43.1 Å². The van der Waals surface area contributed by atoms with Crippen LogP contribution in [0.2, 0.25) is 0 Å². The minimum atomic E-state index is 0. The summed E-state index contributed by atoms with van der Waals surface area (Å²) >= 11 is 1.55. The second-order valence-corrected chi connectivity index (χ2v) is 10.1. The molecule has 0 fully saturated rings. The molecular weight excluding hydrogens is 510 g/mol. The first-order valence-electron chi connectivity index (χ1n) is 10.2. The number of hydrogen-bond donors (Lipinski definition) is 0. The van der Waals surface area contributed by atoms with Gasteiger partial charge in [-0.25, -0.2) is 0 Å². The Hall–Kier alpha value is -2.05. The zero-order valence-corrected chi connectivity index (χ0v) is 22.1. The van der Waals surface area contributed by atoms with Crippen LogP contribution in [-0.2, 0) is 24.2 Å². The number of rotatable bonds is 0. The van der Waals surface area contributed by atoms with Gasteiger partial charge in [0.2, 0.25) is 0 Å². The summed E-state index contributed by atoms with van der Waals surface area (Å²) in [6.45, 7) is 4.25. The van der Waals surface area contributed by atoms with E-state index in [-0.39, 0.29) is 24.8 Å². The molecule has 160 valence electrons. The molecule has 0 aromatic heterocycles. The molecule has 0 saturated carbocycles. The molecule has 0 aliphatic carbocycles. The van der Waals surface area contributed by atoms with E-state index in [1.54, 1.807) is 24.2 Å². The van der Waals surface area contributed by atoms with Crippen molar-refractivity contribution in [3.8, 4) is 0 Å². The normalized spacial score (nSPS) is 9.88. The summed E-state index contributed by atoms with van der Waals surface area (Å²) in [5, 5.41) is 10.8. The van der Waals surface area contributed by atoms with Gasteiger partial charge in [0.15, 0.2) is 0 Å². The Bertz CT molecular complexity index is 1340. The van der Waals surface area contributed by atoms with E-state index < -0.39 is 0 Å². The van der Waals surface area contributed by atoms with Gasteiger partial charge in [0.05, 0.1) is 0 Å². The van der Waals surface area contributed by atoms with Crippen LogP contribution in [0.15, 0.2) is 109 Å². The van der Waals surface area contributed by atoms with E-state index in [0.29, 0.717) is 0 Å². The van der Waals surface area contributed by atoms with Crippen LogP contribution in [0.1, 0.15) is 13.8 Å². The first-order chi connectivity index (χ1) is 14.6. The van der Waals surface area contributed by atoms with Gasteiger partial charge < -0.3 is 24.8 Å². The predicted octanol–water partition coefficient (Wildman–Crippen LogP) is 2.18. The van der Waals surface area contributed by atoms with E-state index in [0.717, 1.165) is 0 Å². The Morgan fingerprint density at radius 1 is 0.562 bits per heavy atom. The van der Waals surface area contributed by atoms with Gasteiger partial charge in [-0.1, -0.05) is 70.8 Å². The van der Waals surface area contributed by atoms with Crippen LogP contribution < -0.4 is 24.8 Å². The maximum Gasteiger partial charge on any atom is -0.0293 e. The second kappa shape index (κ2) is 12.3. The van der Waals surface area contributed by atoms with Crippen molar-refractivity contribution < 1.29 is 49.0 Å². The van der Waals surface area contributed by atoms with E-state index >= 15 is 0 Å². The quantitative estimate of drug-likeness (QED) is 0.207. The van der Waals surface area contributed by atoms with E-state index in [2.05, 4.69) is 123 Å². The monoisotopic (exact) mass is 532 g/mol. The molecule has 0 aliphatic rings. The van der Waals surface area contributed by atoms with E-state index in [9.17, 15) is 0 Å². The van der Waals surface area contributed by atoms with Gasteiger partial charge in [-0.3, -0.25) is 0 Å². The Kier molecular flexibility index (Phi) is 10.0. The Balaban J connectivity index is 0.000000206. The molecular formula is C29H24Cl2Zr-2. The summed E-state index contributed by atoms with van der Waals surface area (Å²) in [5.41, 5.74) is 0. The Morgan fingerprint density at radius 2 is 1.00 bits per heavy atom. The first-order valence-corrected chi connectivity index (χ1v) is 11.4. The maximum absolute atomic E-state index is 2.21. The third-order valence-corrected chi connectivity index (χ3v) is 5.09. The van der Waals surface area contributed by atoms with E-state index in [4.69, 9.17) is 0 Å². The smallest absolute Gasteiger partial charge is 0.0293 e. The number of halogens is 2. The van der Waals surface area contributed by atoms with Gasteiger partial charge in [-0.05, 0) is 5.39 Å². The van der Waals surface area contributed by atoms with Crippen LogP contribution in [0.5, 0.6) is 0 Å². The summed E-state index contributed by atoms with van der Waals surface area (Å²) < 4.78 is 1.51. The van der Waals surface area contributed by atoms with E-state index in [1.807, 2.05) is 0 Å². The van der Waals surface area contributed by atoms with Crippen molar-refractivity contribution in [3.05, 3.63) is 109 Å². The van der Waals surface area contributed by atoms with Crippen molar-refractivity contribution in [2.24, 2.45) is 0 Å². The zero-order chi connectivity index (χ0) is 20.9. The SMILES string of the molecule is C[C](C)=[Zr+2].[Cl-].[Cl-].c1ccc2[cH-]ccc2c1.c1ccc2c(c1)c1ccccc1c1[cH-]ccc21. The molecule has 0 saturated heterocycles. The number of fused-ring (bicyclic) bond motifs is 7. The van der Waals surface area contributed by atoms with Gasteiger partial charge in [0, 0.05) is 0 Å². The number of benzene rings is 4. The van der Waals surface area contributed by atoms with Gasteiger partial charge >= 0.3 is 41.3 Å². The molecule has 0 unspecified atom stereocenters. The van der Waals surface area contributed by atoms with Crippen molar-refractivity contribution in [2.45, 2.75) is 13.8 Å². The maximum atomic E-state index is 2.21. The molecule has 0 aliphatic heterocycles. The molecule has 3 heteroatoms. The third kappa shape index (κ3) is 5.84. The van der Waals surface area contributed by atoms with Crippen LogP contribution in [0.3, 0.4) is 0 Å². The van der Waals surface area contributed by atoms with Gasteiger partial charge in [0.1, 0.15) is 0 Å². The molecule has 0 atom stereocenters. The molecule has 6 aromatic carbocycles. The topological polar surface area (TPSA) is 0 Å². The molecule has 0 bridgehead atoms. The van der Waals surface area contributed by atoms with Crippen LogP contribution in [0.4, 0.5) is 0 Å². The largest absolute Gasteiger partial charge is 1.00 e. The first kappa shape index (κ1) is 26.2. The van der Waals surface area contributed by atoms with Crippen LogP contribution >= 0.6 is 0 Å². The molecule has 0 radical (unpaired) electrons. The average molecular weight is 535 g/mol. The standard InChI is InChI=1S/C17H11.C9H7.C3H6.2ClH.Zr/c1-3-8-14-12(6-1)13-7-2-4-9-15(13)17-11-5-10-16(14)17;1-2-5-9-7-3-6-8(9)4-1;1-3-2;;;/h1-11H;1-7H;1-2H3;2*1H;/q2*-1;;;;+2/p-2. The third-order valence-electron chi connectivity index (χ3n) is 5.09. The van der Waals surface area contributed by atoms with Gasteiger partial charge in [-0.2, -0.15) is 29.7 Å². The molecule has 0 nitrogen and oxygen atoms in total. The minimum Gasteiger partial charge on any atom is -1.00 e. The molecule has 0 N–H and O–H groups in total. The molecule has 6 aromatic rings. The molecule has 0 spiro atoms.